The lowest BCUT2D eigenvalue weighted by Gasteiger charge is -2.15. The summed E-state index contributed by atoms with van der Waals surface area (Å²) in [5.74, 6) is 1.11. The highest BCUT2D eigenvalue weighted by molar-refractivity contribution is 5.54. The number of aldehydes is 1. The third-order valence-electron chi connectivity index (χ3n) is 2.80. The summed E-state index contributed by atoms with van der Waals surface area (Å²) >= 11 is 0. The smallest absolute Gasteiger partial charge is 0.123 e. The van der Waals surface area contributed by atoms with Crippen molar-refractivity contribution in [1.29, 1.82) is 0 Å². The highest BCUT2D eigenvalue weighted by Crippen LogP contribution is 2.32. The van der Waals surface area contributed by atoms with E-state index in [2.05, 4.69) is 6.92 Å². The Morgan fingerprint density at radius 2 is 2.09 bits per heavy atom. The van der Waals surface area contributed by atoms with Gasteiger partial charge < -0.3 is 4.79 Å². The maximum atomic E-state index is 10.7. The molecule has 0 spiro atoms. The van der Waals surface area contributed by atoms with Gasteiger partial charge in [-0.2, -0.15) is 0 Å². The lowest BCUT2D eigenvalue weighted by Crippen LogP contribution is -2.12. The van der Waals surface area contributed by atoms with Gasteiger partial charge >= 0.3 is 0 Å². The maximum absolute atomic E-state index is 10.7. The molecule has 1 heteroatoms. The summed E-state index contributed by atoms with van der Waals surface area (Å²) in [5, 5.41) is 0. The van der Waals surface area contributed by atoms with Gasteiger partial charge in [-0.25, -0.2) is 0 Å². The van der Waals surface area contributed by atoms with Crippen LogP contribution in [0, 0.1) is 11.8 Å². The summed E-state index contributed by atoms with van der Waals surface area (Å²) in [7, 11) is 0. The van der Waals surface area contributed by atoms with Crippen molar-refractivity contribution in [1.82, 2.24) is 0 Å². The van der Waals surface area contributed by atoms with Crippen LogP contribution in [0.25, 0.3) is 0 Å². The number of hydrogen-bond acceptors (Lipinski definition) is 1. The van der Waals surface area contributed by atoms with Gasteiger partial charge in [0.2, 0.25) is 0 Å². The molecule has 1 rings (SSSR count). The molecule has 0 radical (unpaired) electrons. The molecule has 1 aliphatic rings. The molecule has 0 N–H and O–H groups in total. The normalized spacial score (nSPS) is 21.9. The third-order valence-corrected chi connectivity index (χ3v) is 2.80. The van der Waals surface area contributed by atoms with Gasteiger partial charge in [0, 0.05) is 5.92 Å². The molecule has 0 saturated heterocycles. The molecular formula is C10H18O. The predicted molar refractivity (Wildman–Crippen MR) is 46.4 cm³/mol. The predicted octanol–water partition coefficient (Wildman–Crippen LogP) is 2.79. The van der Waals surface area contributed by atoms with E-state index in [1.54, 1.807) is 0 Å². The second-order valence-corrected chi connectivity index (χ2v) is 3.63. The van der Waals surface area contributed by atoms with Crippen LogP contribution in [0.1, 0.15) is 45.4 Å². The second kappa shape index (κ2) is 4.53. The zero-order chi connectivity index (χ0) is 8.10. The first-order chi connectivity index (χ1) is 5.38. The molecule has 1 aliphatic carbocycles. The molecule has 1 nitrogen and oxygen atoms in total. The quantitative estimate of drug-likeness (QED) is 0.569. The fourth-order valence-electron chi connectivity index (χ4n) is 2.13. The molecule has 0 amide bonds. The minimum atomic E-state index is 0.377. The van der Waals surface area contributed by atoms with Gasteiger partial charge in [0.15, 0.2) is 0 Å². The molecule has 0 unspecified atom stereocenters. The van der Waals surface area contributed by atoms with E-state index in [0.717, 1.165) is 18.8 Å². The Morgan fingerprint density at radius 1 is 1.45 bits per heavy atom. The molecule has 0 aromatic rings. The Morgan fingerprint density at radius 3 is 2.55 bits per heavy atom. The summed E-state index contributed by atoms with van der Waals surface area (Å²) in [6.07, 6.45) is 8.72. The fourth-order valence-corrected chi connectivity index (χ4v) is 2.13. The molecule has 0 heterocycles. The van der Waals surface area contributed by atoms with Crippen LogP contribution in [0.4, 0.5) is 0 Å². The number of hydrogen-bond donors (Lipinski definition) is 0. The molecule has 11 heavy (non-hydrogen) atoms. The Bertz CT molecular complexity index is 114. The summed E-state index contributed by atoms with van der Waals surface area (Å²) in [4.78, 5) is 10.7. The summed E-state index contributed by atoms with van der Waals surface area (Å²) in [5.41, 5.74) is 0. The van der Waals surface area contributed by atoms with Crippen LogP contribution in [-0.4, -0.2) is 6.29 Å². The van der Waals surface area contributed by atoms with Gasteiger partial charge in [-0.05, 0) is 25.2 Å². The van der Waals surface area contributed by atoms with Crippen LogP contribution in [0.3, 0.4) is 0 Å². The van der Waals surface area contributed by atoms with Crippen molar-refractivity contribution in [2.75, 3.05) is 0 Å². The summed E-state index contributed by atoms with van der Waals surface area (Å²) in [6.45, 7) is 2.16. The SMILES string of the molecule is CCC[C@@H](C=O)C1CCCC1. The lowest BCUT2D eigenvalue weighted by molar-refractivity contribution is -0.112. The first-order valence-electron chi connectivity index (χ1n) is 4.83. The summed E-state index contributed by atoms with van der Waals surface area (Å²) in [6, 6.07) is 0. The van der Waals surface area contributed by atoms with Gasteiger partial charge in [0.05, 0.1) is 0 Å². The Balaban J connectivity index is 2.33. The Labute approximate surface area is 69.2 Å². The number of carbonyl (C=O) groups is 1. The first kappa shape index (κ1) is 8.76. The first-order valence-corrected chi connectivity index (χ1v) is 4.83. The number of rotatable bonds is 4. The molecule has 1 atom stereocenters. The molecule has 0 bridgehead atoms. The number of carbonyl (C=O) groups excluding carboxylic acids is 1. The van der Waals surface area contributed by atoms with Gasteiger partial charge in [-0.3, -0.25) is 0 Å². The van der Waals surface area contributed by atoms with E-state index in [1.165, 1.54) is 32.0 Å². The van der Waals surface area contributed by atoms with E-state index in [0.29, 0.717) is 5.92 Å². The molecule has 64 valence electrons. The van der Waals surface area contributed by atoms with Crippen molar-refractivity contribution in [2.45, 2.75) is 45.4 Å². The van der Waals surface area contributed by atoms with Crippen molar-refractivity contribution in [3.05, 3.63) is 0 Å². The van der Waals surface area contributed by atoms with Crippen molar-refractivity contribution in [3.63, 3.8) is 0 Å². The highest BCUT2D eigenvalue weighted by atomic mass is 16.1. The van der Waals surface area contributed by atoms with Gasteiger partial charge in [0.25, 0.3) is 0 Å². The third kappa shape index (κ3) is 2.32. The van der Waals surface area contributed by atoms with E-state index in [4.69, 9.17) is 0 Å². The standard InChI is InChI=1S/C10H18O/c1-2-5-10(8-11)9-6-3-4-7-9/h8-10H,2-7H2,1H3/t10-/m0/s1. The topological polar surface area (TPSA) is 17.1 Å². The Hall–Kier alpha value is -0.330. The maximum Gasteiger partial charge on any atom is 0.123 e. The highest BCUT2D eigenvalue weighted by Gasteiger charge is 2.23. The molecule has 0 aliphatic heterocycles. The largest absolute Gasteiger partial charge is 0.303 e. The zero-order valence-electron chi connectivity index (χ0n) is 7.38. The van der Waals surface area contributed by atoms with Crippen molar-refractivity contribution in [2.24, 2.45) is 11.8 Å². The van der Waals surface area contributed by atoms with Gasteiger partial charge in [0.1, 0.15) is 6.29 Å². The van der Waals surface area contributed by atoms with E-state index in [1.807, 2.05) is 0 Å². The van der Waals surface area contributed by atoms with Crippen molar-refractivity contribution >= 4 is 6.29 Å². The van der Waals surface area contributed by atoms with Crippen molar-refractivity contribution in [3.8, 4) is 0 Å². The average molecular weight is 154 g/mol. The monoisotopic (exact) mass is 154 g/mol. The van der Waals surface area contributed by atoms with E-state index in [-0.39, 0.29) is 0 Å². The summed E-state index contributed by atoms with van der Waals surface area (Å²) < 4.78 is 0. The molecular weight excluding hydrogens is 136 g/mol. The zero-order valence-corrected chi connectivity index (χ0v) is 7.38. The van der Waals surface area contributed by atoms with Crippen LogP contribution >= 0.6 is 0 Å². The Kier molecular flexibility index (Phi) is 3.61. The molecule has 0 aromatic carbocycles. The lowest BCUT2D eigenvalue weighted by atomic mass is 9.89. The minimum Gasteiger partial charge on any atom is -0.303 e. The second-order valence-electron chi connectivity index (χ2n) is 3.63. The van der Waals surface area contributed by atoms with Gasteiger partial charge in [-0.1, -0.05) is 26.2 Å². The molecule has 1 fully saturated rings. The molecule has 1 saturated carbocycles. The van der Waals surface area contributed by atoms with Crippen LogP contribution in [0.5, 0.6) is 0 Å². The van der Waals surface area contributed by atoms with Crippen LogP contribution in [-0.2, 0) is 4.79 Å². The minimum absolute atomic E-state index is 0.377. The van der Waals surface area contributed by atoms with Crippen LogP contribution in [0.15, 0.2) is 0 Å². The van der Waals surface area contributed by atoms with Crippen LogP contribution < -0.4 is 0 Å². The van der Waals surface area contributed by atoms with Crippen LogP contribution in [0.2, 0.25) is 0 Å². The fraction of sp³-hybridized carbons (Fsp3) is 0.900. The van der Waals surface area contributed by atoms with E-state index < -0.39 is 0 Å². The van der Waals surface area contributed by atoms with E-state index >= 15 is 0 Å². The van der Waals surface area contributed by atoms with Gasteiger partial charge in [-0.15, -0.1) is 0 Å². The molecule has 0 aromatic heterocycles. The van der Waals surface area contributed by atoms with Crippen molar-refractivity contribution < 1.29 is 4.79 Å². The average Bonchev–Trinajstić information content (AvgIpc) is 2.52. The van der Waals surface area contributed by atoms with E-state index in [9.17, 15) is 4.79 Å².